The lowest BCUT2D eigenvalue weighted by Gasteiger charge is -2.22. The third kappa shape index (κ3) is 2.64. The quantitative estimate of drug-likeness (QED) is 0.932. The van der Waals surface area contributed by atoms with Crippen LogP contribution in [0, 0.1) is 0 Å². The number of rotatable bonds is 4. The van der Waals surface area contributed by atoms with Gasteiger partial charge in [0.25, 0.3) is 0 Å². The average molecular weight is 281 g/mol. The van der Waals surface area contributed by atoms with Crippen LogP contribution in [0.1, 0.15) is 34.0 Å². The minimum absolute atomic E-state index is 0.357. The van der Waals surface area contributed by atoms with Crippen LogP contribution >= 0.6 is 0 Å². The van der Waals surface area contributed by atoms with Crippen molar-refractivity contribution in [2.24, 2.45) is 0 Å². The highest BCUT2D eigenvalue weighted by molar-refractivity contribution is 5.87. The lowest BCUT2D eigenvalue weighted by atomic mass is 10.0. The van der Waals surface area contributed by atoms with Gasteiger partial charge in [-0.15, -0.1) is 0 Å². The zero-order valence-electron chi connectivity index (χ0n) is 12.2. The van der Waals surface area contributed by atoms with E-state index in [0.717, 1.165) is 31.5 Å². The highest BCUT2D eigenvalue weighted by Gasteiger charge is 2.21. The fourth-order valence-corrected chi connectivity index (χ4v) is 3.09. The Hall–Kier alpha value is -2.29. The summed E-state index contributed by atoms with van der Waals surface area (Å²) in [7, 11) is 0. The Morgan fingerprint density at radius 2 is 2.05 bits per heavy atom. The van der Waals surface area contributed by atoms with E-state index in [-0.39, 0.29) is 0 Å². The second-order valence-electron chi connectivity index (χ2n) is 5.46. The summed E-state index contributed by atoms with van der Waals surface area (Å²) < 4.78 is 0. The molecule has 0 aromatic heterocycles. The van der Waals surface area contributed by atoms with Crippen molar-refractivity contribution in [1.29, 1.82) is 0 Å². The molecule has 0 saturated carbocycles. The number of para-hydroxylation sites is 1. The van der Waals surface area contributed by atoms with E-state index in [4.69, 9.17) is 5.11 Å². The Labute approximate surface area is 124 Å². The molecule has 0 radical (unpaired) electrons. The molecule has 108 valence electrons. The van der Waals surface area contributed by atoms with Gasteiger partial charge >= 0.3 is 5.97 Å². The Kier molecular flexibility index (Phi) is 3.65. The van der Waals surface area contributed by atoms with Crippen LogP contribution in [0.3, 0.4) is 0 Å². The number of hydrogen-bond acceptors (Lipinski definition) is 2. The van der Waals surface area contributed by atoms with Crippen LogP contribution in [0.4, 0.5) is 5.69 Å². The van der Waals surface area contributed by atoms with Crippen molar-refractivity contribution in [1.82, 2.24) is 0 Å². The molecule has 0 bridgehead atoms. The first-order chi connectivity index (χ1) is 10.2. The van der Waals surface area contributed by atoms with Crippen molar-refractivity contribution < 1.29 is 9.90 Å². The zero-order chi connectivity index (χ0) is 14.8. The number of benzene rings is 2. The van der Waals surface area contributed by atoms with E-state index in [1.165, 1.54) is 16.8 Å². The predicted octanol–water partition coefficient (Wildman–Crippen LogP) is 3.51. The van der Waals surface area contributed by atoms with Gasteiger partial charge in [0, 0.05) is 18.8 Å². The number of carbonyl (C=O) groups is 1. The SMILES string of the molecule is CCc1cccc2c1N(Cc1cccc(C(=O)O)c1)CC2. The molecule has 0 unspecified atom stereocenters. The Morgan fingerprint density at radius 3 is 2.81 bits per heavy atom. The number of fused-ring (bicyclic) bond motifs is 1. The van der Waals surface area contributed by atoms with Gasteiger partial charge in [0.05, 0.1) is 5.56 Å². The molecule has 0 amide bonds. The highest BCUT2D eigenvalue weighted by atomic mass is 16.4. The van der Waals surface area contributed by atoms with E-state index in [9.17, 15) is 4.79 Å². The van der Waals surface area contributed by atoms with Crippen LogP contribution in [-0.2, 0) is 19.4 Å². The second kappa shape index (κ2) is 5.60. The third-order valence-electron chi connectivity index (χ3n) is 4.10. The van der Waals surface area contributed by atoms with Gasteiger partial charge in [-0.25, -0.2) is 4.79 Å². The first kappa shape index (κ1) is 13.7. The zero-order valence-corrected chi connectivity index (χ0v) is 12.2. The van der Waals surface area contributed by atoms with E-state index in [0.29, 0.717) is 5.56 Å². The maximum absolute atomic E-state index is 11.1. The summed E-state index contributed by atoms with van der Waals surface area (Å²) >= 11 is 0. The molecule has 0 saturated heterocycles. The molecule has 1 aliphatic heterocycles. The largest absolute Gasteiger partial charge is 0.478 e. The van der Waals surface area contributed by atoms with Gasteiger partial charge < -0.3 is 10.0 Å². The molecule has 21 heavy (non-hydrogen) atoms. The van der Waals surface area contributed by atoms with E-state index in [1.54, 1.807) is 12.1 Å². The number of carboxylic acid groups (broad SMARTS) is 1. The van der Waals surface area contributed by atoms with Crippen molar-refractivity contribution >= 4 is 11.7 Å². The van der Waals surface area contributed by atoms with Crippen molar-refractivity contribution in [3.05, 3.63) is 64.7 Å². The van der Waals surface area contributed by atoms with Crippen LogP contribution < -0.4 is 4.90 Å². The number of anilines is 1. The smallest absolute Gasteiger partial charge is 0.335 e. The van der Waals surface area contributed by atoms with Gasteiger partial charge in [-0.2, -0.15) is 0 Å². The number of aromatic carboxylic acids is 1. The summed E-state index contributed by atoms with van der Waals surface area (Å²) in [5.74, 6) is -0.868. The van der Waals surface area contributed by atoms with E-state index in [2.05, 4.69) is 30.0 Å². The molecule has 1 aliphatic rings. The summed E-state index contributed by atoms with van der Waals surface area (Å²) in [6.07, 6.45) is 2.09. The first-order valence-electron chi connectivity index (χ1n) is 7.37. The monoisotopic (exact) mass is 281 g/mol. The second-order valence-corrected chi connectivity index (χ2v) is 5.46. The molecule has 2 aromatic rings. The number of carboxylic acids is 1. The summed E-state index contributed by atoms with van der Waals surface area (Å²) in [6, 6.07) is 13.7. The van der Waals surface area contributed by atoms with Crippen molar-refractivity contribution in [2.45, 2.75) is 26.3 Å². The van der Waals surface area contributed by atoms with Crippen LogP contribution in [0.2, 0.25) is 0 Å². The fourth-order valence-electron chi connectivity index (χ4n) is 3.09. The van der Waals surface area contributed by atoms with Crippen LogP contribution in [0.25, 0.3) is 0 Å². The van der Waals surface area contributed by atoms with Crippen molar-refractivity contribution in [2.75, 3.05) is 11.4 Å². The molecule has 0 spiro atoms. The molecule has 1 heterocycles. The van der Waals surface area contributed by atoms with Crippen molar-refractivity contribution in [3.8, 4) is 0 Å². The average Bonchev–Trinajstić information content (AvgIpc) is 2.91. The predicted molar refractivity (Wildman–Crippen MR) is 84.0 cm³/mol. The highest BCUT2D eigenvalue weighted by Crippen LogP contribution is 2.33. The Morgan fingerprint density at radius 1 is 1.24 bits per heavy atom. The molecule has 0 fully saturated rings. The third-order valence-corrected chi connectivity index (χ3v) is 4.10. The molecular weight excluding hydrogens is 262 g/mol. The maximum Gasteiger partial charge on any atom is 0.335 e. The normalized spacial score (nSPS) is 13.3. The Bertz CT molecular complexity index is 679. The lowest BCUT2D eigenvalue weighted by Crippen LogP contribution is -2.21. The fraction of sp³-hybridized carbons (Fsp3) is 0.278. The molecule has 1 N–H and O–H groups in total. The summed E-state index contributed by atoms with van der Waals surface area (Å²) in [5, 5.41) is 9.10. The van der Waals surface area contributed by atoms with Gasteiger partial charge in [0.2, 0.25) is 0 Å². The van der Waals surface area contributed by atoms with Gasteiger partial charge in [0.1, 0.15) is 0 Å². The molecule has 3 nitrogen and oxygen atoms in total. The van der Waals surface area contributed by atoms with Crippen LogP contribution in [0.5, 0.6) is 0 Å². The van der Waals surface area contributed by atoms with Crippen molar-refractivity contribution in [3.63, 3.8) is 0 Å². The molecule has 0 atom stereocenters. The van der Waals surface area contributed by atoms with Crippen LogP contribution in [-0.4, -0.2) is 17.6 Å². The molecule has 3 heteroatoms. The van der Waals surface area contributed by atoms with Gasteiger partial charge in [-0.1, -0.05) is 37.3 Å². The van der Waals surface area contributed by atoms with Crippen LogP contribution in [0.15, 0.2) is 42.5 Å². The minimum Gasteiger partial charge on any atom is -0.478 e. The minimum atomic E-state index is -0.868. The molecule has 2 aromatic carbocycles. The van der Waals surface area contributed by atoms with E-state index >= 15 is 0 Å². The number of hydrogen-bond donors (Lipinski definition) is 1. The van der Waals surface area contributed by atoms with Gasteiger partial charge in [-0.05, 0) is 41.7 Å². The first-order valence-corrected chi connectivity index (χ1v) is 7.37. The number of aryl methyl sites for hydroxylation is 1. The van der Waals surface area contributed by atoms with Gasteiger partial charge in [-0.3, -0.25) is 0 Å². The topological polar surface area (TPSA) is 40.5 Å². The lowest BCUT2D eigenvalue weighted by molar-refractivity contribution is 0.0696. The number of nitrogens with zero attached hydrogens (tertiary/aromatic N) is 1. The standard InChI is InChI=1S/C18H19NO2/c1-2-14-6-4-7-15-9-10-19(17(14)15)12-13-5-3-8-16(11-13)18(20)21/h3-8,11H,2,9-10,12H2,1H3,(H,20,21). The molecule has 0 aliphatic carbocycles. The molecular formula is C18H19NO2. The maximum atomic E-state index is 11.1. The summed E-state index contributed by atoms with van der Waals surface area (Å²) in [4.78, 5) is 13.4. The van der Waals surface area contributed by atoms with Gasteiger partial charge in [0.15, 0.2) is 0 Å². The molecule has 3 rings (SSSR count). The van der Waals surface area contributed by atoms with E-state index in [1.807, 2.05) is 12.1 Å². The van der Waals surface area contributed by atoms with E-state index < -0.39 is 5.97 Å². The summed E-state index contributed by atoms with van der Waals surface area (Å²) in [6.45, 7) is 3.95. The Balaban J connectivity index is 1.89. The summed E-state index contributed by atoms with van der Waals surface area (Å²) in [5.41, 5.74) is 5.54.